The zero-order valence-electron chi connectivity index (χ0n) is 14.0. The summed E-state index contributed by atoms with van der Waals surface area (Å²) in [6.45, 7) is 6.21. The Bertz CT molecular complexity index is 622. The Balaban J connectivity index is 1.67. The summed E-state index contributed by atoms with van der Waals surface area (Å²) in [5.41, 5.74) is 2.89. The molecule has 0 saturated heterocycles. The topological polar surface area (TPSA) is 40.5 Å². The zero-order chi connectivity index (χ0) is 16.2. The van der Waals surface area contributed by atoms with Gasteiger partial charge in [0.15, 0.2) is 0 Å². The minimum Gasteiger partial charge on any atom is -0.508 e. The van der Waals surface area contributed by atoms with Gasteiger partial charge in [0.05, 0.1) is 6.10 Å². The van der Waals surface area contributed by atoms with Crippen LogP contribution >= 0.6 is 0 Å². The first-order valence-corrected chi connectivity index (χ1v) is 9.15. The third-order valence-corrected chi connectivity index (χ3v) is 7.30. The lowest BCUT2D eigenvalue weighted by Gasteiger charge is -2.50. The monoisotopic (exact) mass is 312 g/mol. The number of aliphatic hydroxyl groups excluding tert-OH is 1. The number of hydrogen-bond donors (Lipinski definition) is 2. The molecule has 0 amide bonds. The van der Waals surface area contributed by atoms with Gasteiger partial charge in [-0.05, 0) is 90.9 Å². The molecule has 0 bridgehead atoms. The normalized spacial score (nSPS) is 41.7. The smallest absolute Gasteiger partial charge is 0.115 e. The number of phenols is 1. The van der Waals surface area contributed by atoms with Crippen molar-refractivity contribution in [3.8, 4) is 5.75 Å². The third kappa shape index (κ3) is 2.18. The van der Waals surface area contributed by atoms with Crippen LogP contribution in [-0.2, 0) is 6.42 Å². The first-order chi connectivity index (χ1) is 11.0. The summed E-state index contributed by atoms with van der Waals surface area (Å²) in [7, 11) is 0. The number of aromatic hydroxyl groups is 1. The molecule has 0 spiro atoms. The van der Waals surface area contributed by atoms with Crippen molar-refractivity contribution in [2.24, 2.45) is 23.2 Å². The number of aliphatic hydroxyl groups is 1. The standard InChI is InChI=1S/C21H28O2/c1-3-4-14-12-19-18-7-5-13-11-15(22)6-8-16(13)17(18)9-10-21(19,2)20(14)23/h3,6,8,11,14,17-20,22-23H,1,4-5,7,9-10,12H2,2H3/t14-,17-,18-,19+,20+,21+/m1/s1. The van der Waals surface area contributed by atoms with Gasteiger partial charge in [-0.2, -0.15) is 0 Å². The van der Waals surface area contributed by atoms with Gasteiger partial charge in [-0.3, -0.25) is 0 Å². The summed E-state index contributed by atoms with van der Waals surface area (Å²) < 4.78 is 0. The first-order valence-electron chi connectivity index (χ1n) is 9.15. The van der Waals surface area contributed by atoms with Gasteiger partial charge in [-0.15, -0.1) is 6.58 Å². The van der Waals surface area contributed by atoms with Crippen LogP contribution < -0.4 is 0 Å². The van der Waals surface area contributed by atoms with Crippen molar-refractivity contribution in [3.05, 3.63) is 42.0 Å². The molecule has 2 heteroatoms. The predicted molar refractivity (Wildman–Crippen MR) is 92.4 cm³/mol. The number of benzene rings is 1. The summed E-state index contributed by atoms with van der Waals surface area (Å²) in [5.74, 6) is 2.72. The molecular weight excluding hydrogens is 284 g/mol. The highest BCUT2D eigenvalue weighted by atomic mass is 16.3. The molecule has 0 aromatic heterocycles. The molecule has 4 rings (SSSR count). The number of hydrogen-bond acceptors (Lipinski definition) is 2. The van der Waals surface area contributed by atoms with Gasteiger partial charge in [0, 0.05) is 0 Å². The summed E-state index contributed by atoms with van der Waals surface area (Å²) in [6, 6.07) is 5.96. The van der Waals surface area contributed by atoms with Crippen LogP contribution in [0.5, 0.6) is 5.75 Å². The van der Waals surface area contributed by atoms with E-state index in [4.69, 9.17) is 0 Å². The Kier molecular flexibility index (Phi) is 3.57. The second-order valence-corrected chi connectivity index (χ2v) is 8.31. The van der Waals surface area contributed by atoms with Crippen LogP contribution in [0.3, 0.4) is 0 Å². The number of allylic oxidation sites excluding steroid dienone is 1. The van der Waals surface area contributed by atoms with Crippen LogP contribution in [0.25, 0.3) is 0 Å². The summed E-state index contributed by atoms with van der Waals surface area (Å²) in [6.07, 6.45) is 8.46. The highest BCUT2D eigenvalue weighted by Gasteiger charge is 2.57. The highest BCUT2D eigenvalue weighted by Crippen LogP contribution is 2.62. The van der Waals surface area contributed by atoms with Gasteiger partial charge in [0.1, 0.15) is 5.75 Å². The van der Waals surface area contributed by atoms with Crippen LogP contribution in [0.15, 0.2) is 30.9 Å². The number of rotatable bonds is 2. The zero-order valence-corrected chi connectivity index (χ0v) is 14.0. The molecule has 1 aromatic rings. The van der Waals surface area contributed by atoms with Crippen LogP contribution in [0.1, 0.15) is 56.1 Å². The van der Waals surface area contributed by atoms with E-state index in [-0.39, 0.29) is 11.5 Å². The van der Waals surface area contributed by atoms with Crippen molar-refractivity contribution in [1.29, 1.82) is 0 Å². The van der Waals surface area contributed by atoms with E-state index in [0.29, 0.717) is 29.4 Å². The summed E-state index contributed by atoms with van der Waals surface area (Å²) in [4.78, 5) is 0. The van der Waals surface area contributed by atoms with Crippen LogP contribution in [0.2, 0.25) is 0 Å². The van der Waals surface area contributed by atoms with Gasteiger partial charge in [-0.25, -0.2) is 0 Å². The molecule has 0 aliphatic heterocycles. The van der Waals surface area contributed by atoms with E-state index >= 15 is 0 Å². The van der Waals surface area contributed by atoms with Crippen molar-refractivity contribution < 1.29 is 10.2 Å². The molecule has 2 fully saturated rings. The van der Waals surface area contributed by atoms with E-state index in [1.54, 1.807) is 0 Å². The number of phenolic OH excluding ortho intramolecular Hbond substituents is 1. The maximum Gasteiger partial charge on any atom is 0.115 e. The Labute approximate surface area is 139 Å². The molecule has 2 saturated carbocycles. The maximum absolute atomic E-state index is 10.9. The fourth-order valence-corrected chi connectivity index (χ4v) is 6.16. The average Bonchev–Trinajstić information content (AvgIpc) is 2.79. The van der Waals surface area contributed by atoms with Gasteiger partial charge in [-0.1, -0.05) is 19.1 Å². The van der Waals surface area contributed by atoms with E-state index in [0.717, 1.165) is 25.7 Å². The van der Waals surface area contributed by atoms with Crippen molar-refractivity contribution in [3.63, 3.8) is 0 Å². The first kappa shape index (κ1) is 15.3. The van der Waals surface area contributed by atoms with E-state index in [1.807, 2.05) is 18.2 Å². The van der Waals surface area contributed by atoms with Crippen LogP contribution in [0, 0.1) is 23.2 Å². The van der Waals surface area contributed by atoms with Gasteiger partial charge in [0.2, 0.25) is 0 Å². The number of fused-ring (bicyclic) bond motifs is 5. The maximum atomic E-state index is 10.9. The van der Waals surface area contributed by atoms with E-state index in [2.05, 4.69) is 19.6 Å². The highest BCUT2D eigenvalue weighted by molar-refractivity contribution is 5.40. The Morgan fingerprint density at radius 2 is 2.17 bits per heavy atom. The quantitative estimate of drug-likeness (QED) is 0.794. The fourth-order valence-electron chi connectivity index (χ4n) is 6.16. The lowest BCUT2D eigenvalue weighted by Crippen LogP contribution is -2.44. The van der Waals surface area contributed by atoms with Crippen molar-refractivity contribution in [2.45, 2.75) is 57.5 Å². The molecule has 0 radical (unpaired) electrons. The van der Waals surface area contributed by atoms with E-state index < -0.39 is 0 Å². The molecular formula is C21H28O2. The largest absolute Gasteiger partial charge is 0.508 e. The van der Waals surface area contributed by atoms with Crippen molar-refractivity contribution in [1.82, 2.24) is 0 Å². The molecule has 3 aliphatic carbocycles. The second kappa shape index (κ2) is 5.37. The summed E-state index contributed by atoms with van der Waals surface area (Å²) >= 11 is 0. The molecule has 0 unspecified atom stereocenters. The van der Waals surface area contributed by atoms with Crippen molar-refractivity contribution in [2.75, 3.05) is 0 Å². The second-order valence-electron chi connectivity index (χ2n) is 8.31. The van der Waals surface area contributed by atoms with Crippen LogP contribution in [0.4, 0.5) is 0 Å². The Hall–Kier alpha value is -1.28. The molecule has 23 heavy (non-hydrogen) atoms. The van der Waals surface area contributed by atoms with Crippen LogP contribution in [-0.4, -0.2) is 16.3 Å². The Morgan fingerprint density at radius 1 is 1.35 bits per heavy atom. The molecule has 0 heterocycles. The lowest BCUT2D eigenvalue weighted by molar-refractivity contribution is -0.0323. The lowest BCUT2D eigenvalue weighted by atomic mass is 9.55. The summed E-state index contributed by atoms with van der Waals surface area (Å²) in [5, 5.41) is 20.7. The van der Waals surface area contributed by atoms with Gasteiger partial charge < -0.3 is 10.2 Å². The van der Waals surface area contributed by atoms with Crippen molar-refractivity contribution >= 4 is 0 Å². The minimum absolute atomic E-state index is 0.0866. The minimum atomic E-state index is -0.173. The SMILES string of the molecule is C=CC[C@@H]1C[C@H]2[C@@H]3CCc4cc(O)ccc4[C@H]3CC[C@]2(C)[C@H]1O. The molecule has 2 nitrogen and oxygen atoms in total. The molecule has 1 aromatic carbocycles. The third-order valence-electron chi connectivity index (χ3n) is 7.30. The fraction of sp³-hybridized carbons (Fsp3) is 0.619. The molecule has 6 atom stereocenters. The molecule has 124 valence electrons. The Morgan fingerprint density at radius 3 is 2.96 bits per heavy atom. The molecule has 3 aliphatic rings. The van der Waals surface area contributed by atoms with E-state index in [9.17, 15) is 10.2 Å². The molecule has 2 N–H and O–H groups in total. The number of aryl methyl sites for hydroxylation is 1. The average molecular weight is 312 g/mol. The van der Waals surface area contributed by atoms with E-state index in [1.165, 1.54) is 24.0 Å². The van der Waals surface area contributed by atoms with Gasteiger partial charge in [0.25, 0.3) is 0 Å². The predicted octanol–water partition coefficient (Wildman–Crippen LogP) is 4.41. The van der Waals surface area contributed by atoms with Gasteiger partial charge >= 0.3 is 0 Å².